The Morgan fingerprint density at radius 2 is 1.84 bits per heavy atom. The minimum absolute atomic E-state index is 0.323. The molecule has 2 atom stereocenters. The van der Waals surface area contributed by atoms with E-state index < -0.39 is 0 Å². The van der Waals surface area contributed by atoms with Gasteiger partial charge in [0.15, 0.2) is 0 Å². The molecule has 1 heterocycles. The number of rotatable bonds is 5. The first-order valence-corrected chi connectivity index (χ1v) is 7.62. The molecule has 3 nitrogen and oxygen atoms in total. The van der Waals surface area contributed by atoms with Gasteiger partial charge < -0.3 is 10.1 Å². The lowest BCUT2D eigenvalue weighted by atomic mass is 9.83. The molecule has 1 aliphatic heterocycles. The number of methoxy groups -OCH3 is 1. The fraction of sp³-hybridized carbons (Fsp3) is 1.00. The average molecular weight is 270 g/mol. The molecule has 0 spiro atoms. The monoisotopic (exact) mass is 270 g/mol. The van der Waals surface area contributed by atoms with Gasteiger partial charge >= 0.3 is 0 Å². The van der Waals surface area contributed by atoms with E-state index in [9.17, 15) is 0 Å². The Hall–Kier alpha value is -0.120. The molecule has 3 heteroatoms. The topological polar surface area (TPSA) is 24.5 Å². The Morgan fingerprint density at radius 3 is 2.37 bits per heavy atom. The molecule has 0 bridgehead atoms. The fourth-order valence-electron chi connectivity index (χ4n) is 2.73. The first kappa shape index (κ1) is 16.9. The van der Waals surface area contributed by atoms with Gasteiger partial charge in [-0.25, -0.2) is 0 Å². The van der Waals surface area contributed by atoms with Gasteiger partial charge in [0.1, 0.15) is 0 Å². The third-order valence-electron chi connectivity index (χ3n) is 4.36. The summed E-state index contributed by atoms with van der Waals surface area (Å²) >= 11 is 0. The summed E-state index contributed by atoms with van der Waals surface area (Å²) in [5, 5.41) is 3.70. The number of nitrogens with one attached hydrogen (secondary N) is 1. The lowest BCUT2D eigenvalue weighted by Crippen LogP contribution is -2.60. The van der Waals surface area contributed by atoms with Crippen LogP contribution in [0.1, 0.15) is 48.0 Å². The summed E-state index contributed by atoms with van der Waals surface area (Å²) < 4.78 is 5.24. The van der Waals surface area contributed by atoms with Gasteiger partial charge in [0.2, 0.25) is 0 Å². The number of hydrogen-bond donors (Lipinski definition) is 1. The molecular weight excluding hydrogens is 236 g/mol. The number of ether oxygens (including phenoxy) is 1. The smallest absolute Gasteiger partial charge is 0.0467 e. The third kappa shape index (κ3) is 5.41. The lowest BCUT2D eigenvalue weighted by molar-refractivity contribution is 0.0488. The molecule has 0 aromatic carbocycles. The van der Waals surface area contributed by atoms with Gasteiger partial charge in [0.25, 0.3) is 0 Å². The normalized spacial score (nSPS) is 26.7. The highest BCUT2D eigenvalue weighted by Gasteiger charge is 2.34. The Morgan fingerprint density at radius 1 is 1.21 bits per heavy atom. The van der Waals surface area contributed by atoms with Crippen LogP contribution < -0.4 is 5.32 Å². The van der Waals surface area contributed by atoms with E-state index >= 15 is 0 Å². The van der Waals surface area contributed by atoms with Crippen LogP contribution in [-0.2, 0) is 4.74 Å². The second-order valence-corrected chi connectivity index (χ2v) is 8.01. The molecule has 1 rings (SSSR count). The second-order valence-electron chi connectivity index (χ2n) is 8.01. The molecule has 1 saturated heterocycles. The molecule has 0 aromatic rings. The molecule has 0 saturated carbocycles. The molecule has 1 aliphatic rings. The molecule has 1 fully saturated rings. The van der Waals surface area contributed by atoms with Crippen molar-refractivity contribution in [3.05, 3.63) is 0 Å². The van der Waals surface area contributed by atoms with Crippen LogP contribution in [0, 0.1) is 10.8 Å². The first-order chi connectivity index (χ1) is 8.65. The van der Waals surface area contributed by atoms with Crippen molar-refractivity contribution in [1.29, 1.82) is 0 Å². The summed E-state index contributed by atoms with van der Waals surface area (Å²) in [5.74, 6) is 0. The standard InChI is InChI=1S/C16H34N2O/c1-13-10-17-14(15(2,3)4)11-18(13)12-16(5,6)8-9-19-7/h13-14,17H,8-12H2,1-7H3. The van der Waals surface area contributed by atoms with E-state index in [2.05, 4.69) is 51.8 Å². The summed E-state index contributed by atoms with van der Waals surface area (Å²) in [6.07, 6.45) is 1.13. The predicted octanol–water partition coefficient (Wildman–Crippen LogP) is 2.76. The second kappa shape index (κ2) is 6.55. The number of nitrogens with zero attached hydrogens (tertiary/aromatic N) is 1. The summed E-state index contributed by atoms with van der Waals surface area (Å²) in [6, 6.07) is 1.21. The van der Waals surface area contributed by atoms with Gasteiger partial charge in [-0.05, 0) is 24.2 Å². The van der Waals surface area contributed by atoms with Crippen LogP contribution in [0.5, 0.6) is 0 Å². The summed E-state index contributed by atoms with van der Waals surface area (Å²) in [6.45, 7) is 18.3. The molecule has 114 valence electrons. The van der Waals surface area contributed by atoms with Crippen LogP contribution >= 0.6 is 0 Å². The number of hydrogen-bond acceptors (Lipinski definition) is 3. The van der Waals surface area contributed by atoms with Gasteiger partial charge in [0, 0.05) is 45.4 Å². The summed E-state index contributed by atoms with van der Waals surface area (Å²) in [5.41, 5.74) is 0.652. The molecule has 0 radical (unpaired) electrons. The van der Waals surface area contributed by atoms with Crippen molar-refractivity contribution in [3.63, 3.8) is 0 Å². The van der Waals surface area contributed by atoms with Crippen molar-refractivity contribution in [2.24, 2.45) is 10.8 Å². The maximum absolute atomic E-state index is 5.24. The van der Waals surface area contributed by atoms with E-state index in [0.29, 0.717) is 22.9 Å². The largest absolute Gasteiger partial charge is 0.385 e. The van der Waals surface area contributed by atoms with Crippen LogP contribution in [0.25, 0.3) is 0 Å². The maximum Gasteiger partial charge on any atom is 0.0467 e. The van der Waals surface area contributed by atoms with Crippen LogP contribution in [0.3, 0.4) is 0 Å². The van der Waals surface area contributed by atoms with Crippen molar-refractivity contribution < 1.29 is 4.74 Å². The third-order valence-corrected chi connectivity index (χ3v) is 4.36. The molecule has 0 aliphatic carbocycles. The summed E-state index contributed by atoms with van der Waals surface area (Å²) in [7, 11) is 1.79. The quantitative estimate of drug-likeness (QED) is 0.831. The van der Waals surface area contributed by atoms with Gasteiger partial charge in [-0.3, -0.25) is 4.90 Å². The Labute approximate surface area is 120 Å². The van der Waals surface area contributed by atoms with E-state index in [1.807, 2.05) is 0 Å². The first-order valence-electron chi connectivity index (χ1n) is 7.62. The highest BCUT2D eigenvalue weighted by Crippen LogP contribution is 2.27. The SMILES string of the molecule is COCCC(C)(C)CN1CC(C(C)(C)C)NCC1C. The van der Waals surface area contributed by atoms with Crippen molar-refractivity contribution in [2.75, 3.05) is 33.4 Å². The molecule has 0 amide bonds. The average Bonchev–Trinajstić information content (AvgIpc) is 2.28. The zero-order chi connectivity index (χ0) is 14.7. The minimum Gasteiger partial charge on any atom is -0.385 e. The predicted molar refractivity (Wildman–Crippen MR) is 82.6 cm³/mol. The van der Waals surface area contributed by atoms with Gasteiger partial charge in [-0.2, -0.15) is 0 Å². The van der Waals surface area contributed by atoms with E-state index in [1.165, 1.54) is 0 Å². The van der Waals surface area contributed by atoms with Crippen LogP contribution in [0.2, 0.25) is 0 Å². The Balaban J connectivity index is 2.59. The van der Waals surface area contributed by atoms with Crippen molar-refractivity contribution >= 4 is 0 Å². The van der Waals surface area contributed by atoms with E-state index in [4.69, 9.17) is 4.74 Å². The van der Waals surface area contributed by atoms with E-state index in [-0.39, 0.29) is 0 Å². The zero-order valence-electron chi connectivity index (χ0n) is 14.0. The molecule has 19 heavy (non-hydrogen) atoms. The fourth-order valence-corrected chi connectivity index (χ4v) is 2.73. The Bertz CT molecular complexity index is 270. The van der Waals surface area contributed by atoms with Crippen molar-refractivity contribution in [1.82, 2.24) is 10.2 Å². The van der Waals surface area contributed by atoms with Crippen LogP contribution in [0.4, 0.5) is 0 Å². The van der Waals surface area contributed by atoms with Crippen LogP contribution in [0.15, 0.2) is 0 Å². The zero-order valence-corrected chi connectivity index (χ0v) is 14.0. The van der Waals surface area contributed by atoms with E-state index in [0.717, 1.165) is 32.7 Å². The minimum atomic E-state index is 0.323. The lowest BCUT2D eigenvalue weighted by Gasteiger charge is -2.46. The number of piperazine rings is 1. The molecule has 0 aromatic heterocycles. The molecular formula is C16H34N2O. The summed E-state index contributed by atoms with van der Waals surface area (Å²) in [4.78, 5) is 2.65. The maximum atomic E-state index is 5.24. The molecule has 2 unspecified atom stereocenters. The highest BCUT2D eigenvalue weighted by molar-refractivity contribution is 4.92. The Kier molecular flexibility index (Phi) is 5.84. The van der Waals surface area contributed by atoms with Gasteiger partial charge in [-0.15, -0.1) is 0 Å². The van der Waals surface area contributed by atoms with E-state index in [1.54, 1.807) is 7.11 Å². The van der Waals surface area contributed by atoms with Crippen molar-refractivity contribution in [3.8, 4) is 0 Å². The van der Waals surface area contributed by atoms with Crippen LogP contribution in [-0.4, -0.2) is 50.3 Å². The van der Waals surface area contributed by atoms with Gasteiger partial charge in [-0.1, -0.05) is 34.6 Å². The molecule has 1 N–H and O–H groups in total. The van der Waals surface area contributed by atoms with Gasteiger partial charge in [0.05, 0.1) is 0 Å². The van der Waals surface area contributed by atoms with Crippen molar-refractivity contribution in [2.45, 2.75) is 60.0 Å². The highest BCUT2D eigenvalue weighted by atomic mass is 16.5.